The van der Waals surface area contributed by atoms with Crippen molar-refractivity contribution in [3.8, 4) is 5.75 Å². The van der Waals surface area contributed by atoms with Crippen LogP contribution in [0.4, 0.5) is 0 Å². The molecule has 1 fully saturated rings. The van der Waals surface area contributed by atoms with Crippen LogP contribution in [0.25, 0.3) is 5.65 Å². The first kappa shape index (κ1) is 18.0. The summed E-state index contributed by atoms with van der Waals surface area (Å²) in [6.07, 6.45) is 7.90. The van der Waals surface area contributed by atoms with Gasteiger partial charge in [-0.3, -0.25) is 4.90 Å². The van der Waals surface area contributed by atoms with Crippen molar-refractivity contribution < 1.29 is 5.11 Å². The Bertz CT molecular complexity index is 933. The molecule has 2 aromatic heterocycles. The first-order valence-corrected chi connectivity index (χ1v) is 9.93. The molecule has 5 heteroatoms. The molecule has 5 nitrogen and oxygen atoms in total. The third kappa shape index (κ3) is 3.98. The number of piperidine rings is 1. The van der Waals surface area contributed by atoms with Gasteiger partial charge in [0, 0.05) is 29.5 Å². The third-order valence-corrected chi connectivity index (χ3v) is 5.65. The smallest absolute Gasteiger partial charge is 0.159 e. The highest BCUT2D eigenvalue weighted by Crippen LogP contribution is 2.25. The fraction of sp³-hybridized carbons (Fsp3) is 0.455. The van der Waals surface area contributed by atoms with Crippen LogP contribution in [-0.4, -0.2) is 37.2 Å². The summed E-state index contributed by atoms with van der Waals surface area (Å²) in [6.45, 7) is 6.16. The van der Waals surface area contributed by atoms with E-state index in [9.17, 15) is 5.11 Å². The quantitative estimate of drug-likeness (QED) is 0.742. The zero-order chi connectivity index (χ0) is 18.8. The summed E-state index contributed by atoms with van der Waals surface area (Å²) in [5.74, 6) is 0.358. The van der Waals surface area contributed by atoms with E-state index in [2.05, 4.69) is 29.1 Å². The minimum Gasteiger partial charge on any atom is -0.508 e. The van der Waals surface area contributed by atoms with E-state index in [0.29, 0.717) is 11.8 Å². The first-order chi connectivity index (χ1) is 13.1. The molecular formula is C22H28N4O. The van der Waals surface area contributed by atoms with Crippen LogP contribution in [0.5, 0.6) is 5.75 Å². The van der Waals surface area contributed by atoms with Crippen molar-refractivity contribution in [1.29, 1.82) is 0 Å². The van der Waals surface area contributed by atoms with Crippen LogP contribution in [0.1, 0.15) is 48.2 Å². The van der Waals surface area contributed by atoms with Gasteiger partial charge in [0.1, 0.15) is 5.75 Å². The molecule has 1 aromatic carbocycles. The Kier molecular flexibility index (Phi) is 5.12. The summed E-state index contributed by atoms with van der Waals surface area (Å²) in [6, 6.07) is 10.3. The van der Waals surface area contributed by atoms with Gasteiger partial charge in [-0.1, -0.05) is 18.6 Å². The maximum absolute atomic E-state index is 9.69. The van der Waals surface area contributed by atoms with E-state index in [-0.39, 0.29) is 0 Å². The number of aryl methyl sites for hydroxylation is 3. The van der Waals surface area contributed by atoms with Gasteiger partial charge >= 0.3 is 0 Å². The molecule has 0 radical (unpaired) electrons. The summed E-state index contributed by atoms with van der Waals surface area (Å²) < 4.78 is 1.95. The molecular weight excluding hydrogens is 336 g/mol. The second-order valence-corrected chi connectivity index (χ2v) is 7.77. The van der Waals surface area contributed by atoms with Gasteiger partial charge in [-0.15, -0.1) is 0 Å². The van der Waals surface area contributed by atoms with Gasteiger partial charge < -0.3 is 5.11 Å². The van der Waals surface area contributed by atoms with Crippen LogP contribution < -0.4 is 0 Å². The molecule has 3 heterocycles. The molecule has 3 aromatic rings. The van der Waals surface area contributed by atoms with Crippen molar-refractivity contribution in [3.63, 3.8) is 0 Å². The molecule has 0 bridgehead atoms. The fourth-order valence-electron chi connectivity index (χ4n) is 4.29. The minimum atomic E-state index is 0.358. The standard InChI is InChI=1S/C22H28N4O/c1-16-12-17(2)26-22(24-16)19(14-23-26)15-25-11-4-3-7-20(25)10-9-18-6-5-8-21(27)13-18/h5-6,8,12-14,20,27H,3-4,7,9-11,15H2,1-2H3/t20-/m0/s1. The van der Waals surface area contributed by atoms with Crippen LogP contribution in [0, 0.1) is 13.8 Å². The molecule has 0 unspecified atom stereocenters. The number of fused-ring (bicyclic) bond motifs is 1. The van der Waals surface area contributed by atoms with Crippen LogP contribution in [0.3, 0.4) is 0 Å². The Morgan fingerprint density at radius 1 is 1.19 bits per heavy atom. The van der Waals surface area contributed by atoms with Gasteiger partial charge in [0.2, 0.25) is 0 Å². The zero-order valence-electron chi connectivity index (χ0n) is 16.2. The Morgan fingerprint density at radius 2 is 2.07 bits per heavy atom. The van der Waals surface area contributed by atoms with Crippen LogP contribution in [-0.2, 0) is 13.0 Å². The van der Waals surface area contributed by atoms with Crippen LogP contribution in [0.2, 0.25) is 0 Å². The predicted octanol–water partition coefficient (Wildman–Crippen LogP) is 4.04. The van der Waals surface area contributed by atoms with E-state index in [0.717, 1.165) is 43.0 Å². The second-order valence-electron chi connectivity index (χ2n) is 7.77. The van der Waals surface area contributed by atoms with E-state index in [4.69, 9.17) is 4.98 Å². The summed E-state index contributed by atoms with van der Waals surface area (Å²) in [4.78, 5) is 7.34. The Hall–Kier alpha value is -2.40. The van der Waals surface area contributed by atoms with Gasteiger partial charge in [-0.25, -0.2) is 9.50 Å². The Labute approximate surface area is 160 Å². The van der Waals surface area contributed by atoms with Gasteiger partial charge in [0.15, 0.2) is 5.65 Å². The average molecular weight is 364 g/mol. The average Bonchev–Trinajstić information content (AvgIpc) is 3.04. The lowest BCUT2D eigenvalue weighted by molar-refractivity contribution is 0.133. The van der Waals surface area contributed by atoms with Crippen molar-refractivity contribution in [2.45, 2.75) is 58.5 Å². The minimum absolute atomic E-state index is 0.358. The van der Waals surface area contributed by atoms with E-state index in [1.165, 1.54) is 30.4 Å². The van der Waals surface area contributed by atoms with Crippen molar-refractivity contribution in [1.82, 2.24) is 19.5 Å². The van der Waals surface area contributed by atoms with E-state index in [1.54, 1.807) is 6.07 Å². The van der Waals surface area contributed by atoms with Crippen LogP contribution >= 0.6 is 0 Å². The van der Waals surface area contributed by atoms with Gasteiger partial charge in [0.25, 0.3) is 0 Å². The van der Waals surface area contributed by atoms with E-state index >= 15 is 0 Å². The first-order valence-electron chi connectivity index (χ1n) is 9.93. The Balaban J connectivity index is 1.49. The third-order valence-electron chi connectivity index (χ3n) is 5.65. The topological polar surface area (TPSA) is 53.7 Å². The molecule has 0 spiro atoms. The number of aromatic nitrogens is 3. The number of rotatable bonds is 5. The molecule has 27 heavy (non-hydrogen) atoms. The van der Waals surface area contributed by atoms with Crippen molar-refractivity contribution in [2.75, 3.05) is 6.54 Å². The molecule has 142 valence electrons. The van der Waals surface area contributed by atoms with E-state index in [1.807, 2.05) is 29.8 Å². The maximum Gasteiger partial charge on any atom is 0.159 e. The van der Waals surface area contributed by atoms with Gasteiger partial charge in [-0.2, -0.15) is 5.10 Å². The lowest BCUT2D eigenvalue weighted by Crippen LogP contribution is -2.39. The van der Waals surface area contributed by atoms with E-state index < -0.39 is 0 Å². The number of phenolic OH excluding ortho intramolecular Hbond substituents is 1. The number of hydrogen-bond donors (Lipinski definition) is 1. The SMILES string of the molecule is Cc1cc(C)n2ncc(CN3CCCC[C@H]3CCc3cccc(O)c3)c2n1. The summed E-state index contributed by atoms with van der Waals surface area (Å²) in [7, 11) is 0. The van der Waals surface area contributed by atoms with Crippen LogP contribution in [0.15, 0.2) is 36.5 Å². The fourth-order valence-corrected chi connectivity index (χ4v) is 4.29. The second kappa shape index (κ2) is 7.69. The van der Waals surface area contributed by atoms with Crippen molar-refractivity contribution in [2.24, 2.45) is 0 Å². The number of phenols is 1. The van der Waals surface area contributed by atoms with Gasteiger partial charge in [0.05, 0.1) is 6.20 Å². The normalized spacial score (nSPS) is 18.2. The summed E-state index contributed by atoms with van der Waals surface area (Å²) >= 11 is 0. The molecule has 1 aliphatic rings. The number of likely N-dealkylation sites (tertiary alicyclic amines) is 1. The highest BCUT2D eigenvalue weighted by atomic mass is 16.3. The predicted molar refractivity (Wildman–Crippen MR) is 107 cm³/mol. The monoisotopic (exact) mass is 364 g/mol. The number of nitrogens with zero attached hydrogens (tertiary/aromatic N) is 4. The highest BCUT2D eigenvalue weighted by Gasteiger charge is 2.23. The summed E-state index contributed by atoms with van der Waals surface area (Å²) in [5.41, 5.74) is 5.59. The zero-order valence-corrected chi connectivity index (χ0v) is 16.2. The molecule has 1 saturated heterocycles. The number of aromatic hydroxyl groups is 1. The lowest BCUT2D eigenvalue weighted by Gasteiger charge is -2.35. The maximum atomic E-state index is 9.69. The molecule has 1 aliphatic heterocycles. The lowest BCUT2D eigenvalue weighted by atomic mass is 9.95. The summed E-state index contributed by atoms with van der Waals surface area (Å²) in [5, 5.41) is 14.2. The van der Waals surface area contributed by atoms with Crippen molar-refractivity contribution >= 4 is 5.65 Å². The molecule has 0 aliphatic carbocycles. The molecule has 1 atom stereocenters. The van der Waals surface area contributed by atoms with Gasteiger partial charge in [-0.05, 0) is 69.8 Å². The highest BCUT2D eigenvalue weighted by molar-refractivity contribution is 5.47. The molecule has 0 amide bonds. The molecule has 4 rings (SSSR count). The molecule has 1 N–H and O–H groups in total. The molecule has 0 saturated carbocycles. The number of benzene rings is 1. The number of hydrogen-bond acceptors (Lipinski definition) is 4. The largest absolute Gasteiger partial charge is 0.508 e. The van der Waals surface area contributed by atoms with Crippen molar-refractivity contribution in [3.05, 3.63) is 59.0 Å². The Morgan fingerprint density at radius 3 is 2.93 bits per heavy atom.